The molecule has 0 spiro atoms. The van der Waals surface area contributed by atoms with Crippen molar-refractivity contribution >= 4 is 28.7 Å². The lowest BCUT2D eigenvalue weighted by molar-refractivity contribution is -0.138. The highest BCUT2D eigenvalue weighted by atomic mass is 16.5. The van der Waals surface area contributed by atoms with Gasteiger partial charge in [-0.1, -0.05) is 0 Å². The first kappa shape index (κ1) is 15.7. The Morgan fingerprint density at radius 3 is 2.55 bits per heavy atom. The minimum absolute atomic E-state index is 0.0651. The zero-order chi connectivity index (χ0) is 16.4. The van der Waals surface area contributed by atoms with E-state index in [1.807, 2.05) is 0 Å². The molecule has 1 atom stereocenters. The highest BCUT2D eigenvalue weighted by molar-refractivity contribution is 5.95. The Labute approximate surface area is 126 Å². The van der Waals surface area contributed by atoms with Crippen LogP contribution in [0.4, 0.5) is 0 Å². The molecule has 2 aromatic rings. The number of esters is 1. The quantitative estimate of drug-likeness (QED) is 0.648. The Morgan fingerprint density at radius 2 is 2.00 bits per heavy atom. The van der Waals surface area contributed by atoms with E-state index in [0.717, 1.165) is 0 Å². The summed E-state index contributed by atoms with van der Waals surface area (Å²) in [5, 5.41) is 9.57. The maximum atomic E-state index is 11.7. The van der Waals surface area contributed by atoms with Gasteiger partial charge in [-0.15, -0.1) is 0 Å². The van der Waals surface area contributed by atoms with E-state index in [1.165, 1.54) is 18.4 Å². The Kier molecular flexibility index (Phi) is 4.27. The fourth-order valence-corrected chi connectivity index (χ4v) is 2.25. The molecule has 0 aliphatic carbocycles. The van der Waals surface area contributed by atoms with Gasteiger partial charge in [0.2, 0.25) is 5.91 Å². The number of aromatic nitrogens is 1. The summed E-state index contributed by atoms with van der Waals surface area (Å²) in [4.78, 5) is 33.6. The predicted octanol–water partition coefficient (Wildman–Crippen LogP) is 1.18. The van der Waals surface area contributed by atoms with Gasteiger partial charge in [0.25, 0.3) is 0 Å². The molecule has 7 heteroatoms. The number of carbonyl (C=O) groups is 3. The highest BCUT2D eigenvalue weighted by Crippen LogP contribution is 2.27. The molecular formula is C15H16N2O5. The fraction of sp³-hybridized carbons (Fsp3) is 0.267. The molecule has 0 aliphatic rings. The fourth-order valence-electron chi connectivity index (χ4n) is 2.25. The molecule has 2 rings (SSSR count). The van der Waals surface area contributed by atoms with Gasteiger partial charge in [0.15, 0.2) is 0 Å². The Morgan fingerprint density at radius 1 is 1.32 bits per heavy atom. The number of aliphatic carboxylic acids is 1. The number of nitrogens with zero attached hydrogens (tertiary/aromatic N) is 1. The van der Waals surface area contributed by atoms with Crippen molar-refractivity contribution in [2.24, 2.45) is 5.73 Å². The third kappa shape index (κ3) is 3.15. The van der Waals surface area contributed by atoms with E-state index in [1.54, 1.807) is 24.4 Å². The van der Waals surface area contributed by atoms with Gasteiger partial charge in [-0.2, -0.15) is 0 Å². The molecule has 0 radical (unpaired) electrons. The lowest BCUT2D eigenvalue weighted by Crippen LogP contribution is -2.32. The lowest BCUT2D eigenvalue weighted by atomic mass is 10.1. The lowest BCUT2D eigenvalue weighted by Gasteiger charge is -2.06. The van der Waals surface area contributed by atoms with Crippen molar-refractivity contribution in [1.29, 1.82) is 0 Å². The average molecular weight is 304 g/mol. The van der Waals surface area contributed by atoms with E-state index >= 15 is 0 Å². The largest absolute Gasteiger partial charge is 0.480 e. The Bertz CT molecular complexity index is 763. The molecule has 0 bridgehead atoms. The van der Waals surface area contributed by atoms with Gasteiger partial charge in [-0.3, -0.25) is 19.0 Å². The van der Waals surface area contributed by atoms with Crippen LogP contribution in [0.3, 0.4) is 0 Å². The van der Waals surface area contributed by atoms with Crippen molar-refractivity contribution in [3.8, 4) is 5.75 Å². The van der Waals surface area contributed by atoms with Crippen LogP contribution in [0.25, 0.3) is 10.9 Å². The SMILES string of the molecule is CC(=O)Oc1ccc2c(c1)c(C[C@H](N)C(=O)O)cn2C(C)=O. The second-order valence-corrected chi connectivity index (χ2v) is 4.96. The van der Waals surface area contributed by atoms with Crippen LogP contribution in [-0.2, 0) is 16.0 Å². The third-order valence-electron chi connectivity index (χ3n) is 3.22. The highest BCUT2D eigenvalue weighted by Gasteiger charge is 2.18. The molecule has 0 aliphatic heterocycles. The number of rotatable bonds is 4. The van der Waals surface area contributed by atoms with E-state index in [9.17, 15) is 14.4 Å². The van der Waals surface area contributed by atoms with Crippen LogP contribution in [0.2, 0.25) is 0 Å². The topological polar surface area (TPSA) is 112 Å². The summed E-state index contributed by atoms with van der Waals surface area (Å²) in [5.41, 5.74) is 6.78. The number of hydrogen-bond donors (Lipinski definition) is 2. The summed E-state index contributed by atoms with van der Waals surface area (Å²) < 4.78 is 6.43. The van der Waals surface area contributed by atoms with Gasteiger partial charge in [0.1, 0.15) is 11.8 Å². The minimum atomic E-state index is -1.13. The molecule has 0 fully saturated rings. The van der Waals surface area contributed by atoms with E-state index in [4.69, 9.17) is 15.6 Å². The molecule has 1 aromatic carbocycles. The number of carboxylic acids is 1. The number of nitrogens with two attached hydrogens (primary N) is 1. The number of carbonyl (C=O) groups excluding carboxylic acids is 2. The number of fused-ring (bicyclic) bond motifs is 1. The molecule has 1 aromatic heterocycles. The van der Waals surface area contributed by atoms with Gasteiger partial charge in [-0.05, 0) is 23.8 Å². The summed E-state index contributed by atoms with van der Waals surface area (Å²) in [6, 6.07) is 3.73. The standard InChI is InChI=1S/C15H16N2O5/c1-8(18)17-7-10(5-13(16)15(20)21)12-6-11(22-9(2)19)3-4-14(12)17/h3-4,6-7,13H,5,16H2,1-2H3,(H,20,21)/t13-/m0/s1. The van der Waals surface area contributed by atoms with Crippen molar-refractivity contribution in [2.75, 3.05) is 0 Å². The summed E-state index contributed by atoms with van der Waals surface area (Å²) in [5.74, 6) is -1.47. The van der Waals surface area contributed by atoms with Crippen LogP contribution in [-0.4, -0.2) is 33.6 Å². The molecule has 0 saturated carbocycles. The number of ether oxygens (including phenoxy) is 1. The normalized spacial score (nSPS) is 12.1. The number of benzene rings is 1. The van der Waals surface area contributed by atoms with Crippen molar-refractivity contribution < 1.29 is 24.2 Å². The van der Waals surface area contributed by atoms with Crippen LogP contribution < -0.4 is 10.5 Å². The van der Waals surface area contributed by atoms with Crippen molar-refractivity contribution in [3.05, 3.63) is 30.0 Å². The molecule has 22 heavy (non-hydrogen) atoms. The second-order valence-electron chi connectivity index (χ2n) is 4.96. The second kappa shape index (κ2) is 5.98. The van der Waals surface area contributed by atoms with Crippen LogP contribution in [0.15, 0.2) is 24.4 Å². The van der Waals surface area contributed by atoms with Gasteiger partial charge in [-0.25, -0.2) is 0 Å². The van der Waals surface area contributed by atoms with Crippen LogP contribution in [0.1, 0.15) is 24.2 Å². The van der Waals surface area contributed by atoms with Crippen molar-refractivity contribution in [3.63, 3.8) is 0 Å². The summed E-state index contributed by atoms with van der Waals surface area (Å²) in [6.07, 6.45) is 1.63. The van der Waals surface area contributed by atoms with Gasteiger partial charge in [0.05, 0.1) is 5.52 Å². The van der Waals surface area contributed by atoms with Crippen LogP contribution >= 0.6 is 0 Å². The van der Waals surface area contributed by atoms with E-state index < -0.39 is 18.0 Å². The van der Waals surface area contributed by atoms with E-state index in [-0.39, 0.29) is 12.3 Å². The Balaban J connectivity index is 2.55. The zero-order valence-electron chi connectivity index (χ0n) is 12.2. The van der Waals surface area contributed by atoms with Gasteiger partial charge < -0.3 is 15.6 Å². The summed E-state index contributed by atoms with van der Waals surface area (Å²) in [7, 11) is 0. The summed E-state index contributed by atoms with van der Waals surface area (Å²) in [6.45, 7) is 2.69. The summed E-state index contributed by atoms with van der Waals surface area (Å²) >= 11 is 0. The number of carboxylic acid groups (broad SMARTS) is 1. The van der Waals surface area contributed by atoms with Crippen molar-refractivity contribution in [1.82, 2.24) is 4.57 Å². The predicted molar refractivity (Wildman–Crippen MR) is 78.9 cm³/mol. The van der Waals surface area contributed by atoms with E-state index in [2.05, 4.69) is 0 Å². The first-order valence-electron chi connectivity index (χ1n) is 6.61. The molecule has 0 saturated heterocycles. The van der Waals surface area contributed by atoms with Crippen LogP contribution in [0, 0.1) is 0 Å². The van der Waals surface area contributed by atoms with Gasteiger partial charge in [0, 0.05) is 31.9 Å². The number of hydrogen-bond acceptors (Lipinski definition) is 5. The van der Waals surface area contributed by atoms with Crippen molar-refractivity contribution in [2.45, 2.75) is 26.3 Å². The first-order valence-corrected chi connectivity index (χ1v) is 6.61. The zero-order valence-corrected chi connectivity index (χ0v) is 12.2. The van der Waals surface area contributed by atoms with E-state index in [0.29, 0.717) is 22.2 Å². The monoisotopic (exact) mass is 304 g/mol. The molecule has 116 valence electrons. The van der Waals surface area contributed by atoms with Crippen LogP contribution in [0.5, 0.6) is 5.75 Å². The molecule has 7 nitrogen and oxygen atoms in total. The average Bonchev–Trinajstić information content (AvgIpc) is 2.76. The smallest absolute Gasteiger partial charge is 0.320 e. The molecular weight excluding hydrogens is 288 g/mol. The molecule has 0 amide bonds. The maximum absolute atomic E-state index is 11.7. The van der Waals surface area contributed by atoms with Gasteiger partial charge >= 0.3 is 11.9 Å². The maximum Gasteiger partial charge on any atom is 0.320 e. The third-order valence-corrected chi connectivity index (χ3v) is 3.22. The first-order chi connectivity index (χ1) is 10.3. The Hall–Kier alpha value is -2.67. The molecule has 0 unspecified atom stereocenters. The molecule has 1 heterocycles. The minimum Gasteiger partial charge on any atom is -0.480 e. The molecule has 3 N–H and O–H groups in total.